The van der Waals surface area contributed by atoms with Gasteiger partial charge in [0.1, 0.15) is 11.9 Å². The number of hydrogen-bond donors (Lipinski definition) is 1. The van der Waals surface area contributed by atoms with Crippen molar-refractivity contribution in [1.82, 2.24) is 5.32 Å². The fraction of sp³-hybridized carbons (Fsp3) is 0.348. The Bertz CT molecular complexity index is 1090. The molecule has 1 fully saturated rings. The van der Waals surface area contributed by atoms with Crippen molar-refractivity contribution in [2.45, 2.75) is 43.9 Å². The van der Waals surface area contributed by atoms with E-state index in [1.165, 1.54) is 18.2 Å². The number of nitriles is 1. The summed E-state index contributed by atoms with van der Waals surface area (Å²) in [5.74, 6) is -2.77. The van der Waals surface area contributed by atoms with Crippen molar-refractivity contribution >= 4 is 29.5 Å². The van der Waals surface area contributed by atoms with Crippen LogP contribution in [0, 0.1) is 27.4 Å². The molecule has 0 bridgehead atoms. The second kappa shape index (κ2) is 8.69. The molecule has 1 N–H and O–H groups in total. The van der Waals surface area contributed by atoms with Crippen LogP contribution in [0.1, 0.15) is 43.9 Å². The monoisotopic (exact) mass is 455 g/mol. The normalized spacial score (nSPS) is 25.0. The van der Waals surface area contributed by atoms with Crippen molar-refractivity contribution in [3.05, 3.63) is 74.8 Å². The van der Waals surface area contributed by atoms with Gasteiger partial charge in [0.25, 0.3) is 5.69 Å². The number of non-ortho nitro benzene ring substituents is 1. The van der Waals surface area contributed by atoms with Gasteiger partial charge in [-0.3, -0.25) is 15.4 Å². The van der Waals surface area contributed by atoms with Gasteiger partial charge in [-0.15, -0.1) is 0 Å². The molecule has 0 aromatic heterocycles. The molecule has 0 saturated carbocycles. The maximum absolute atomic E-state index is 13.3. The number of ether oxygens (including phenoxy) is 1. The lowest BCUT2D eigenvalue weighted by Crippen LogP contribution is -2.53. The summed E-state index contributed by atoms with van der Waals surface area (Å²) in [6.45, 7) is 5.00. The summed E-state index contributed by atoms with van der Waals surface area (Å²) in [5, 5.41) is 25.1. The van der Waals surface area contributed by atoms with Crippen LogP contribution in [0.5, 0.6) is 0 Å². The minimum Gasteiger partial charge on any atom is -0.458 e. The van der Waals surface area contributed by atoms with Crippen LogP contribution in [0.2, 0.25) is 5.02 Å². The van der Waals surface area contributed by atoms with E-state index in [4.69, 9.17) is 16.3 Å². The molecule has 1 saturated heterocycles. The maximum Gasteiger partial charge on any atom is 0.342 e. The second-order valence-electron chi connectivity index (χ2n) is 8.64. The second-order valence-corrected chi connectivity index (χ2v) is 9.07. The van der Waals surface area contributed by atoms with Gasteiger partial charge in [0.2, 0.25) is 5.54 Å². The highest BCUT2D eigenvalue weighted by Crippen LogP contribution is 2.49. The summed E-state index contributed by atoms with van der Waals surface area (Å²) >= 11 is 5.99. The third-order valence-corrected chi connectivity index (χ3v) is 5.60. The van der Waals surface area contributed by atoms with E-state index >= 15 is 0 Å². The first kappa shape index (κ1) is 23.4. The minimum absolute atomic E-state index is 0.210. The molecule has 1 aliphatic heterocycles. The molecule has 1 aliphatic rings. The summed E-state index contributed by atoms with van der Waals surface area (Å²) < 4.78 is 5.55. The van der Waals surface area contributed by atoms with E-state index < -0.39 is 39.9 Å². The fourth-order valence-corrected chi connectivity index (χ4v) is 4.17. The number of nitro groups is 1. The molecule has 4 atom stereocenters. The zero-order chi connectivity index (χ0) is 23.7. The lowest BCUT2D eigenvalue weighted by atomic mass is 9.74. The number of hydrogen-bond acceptors (Lipinski definition) is 7. The molecule has 0 amide bonds. The van der Waals surface area contributed by atoms with Gasteiger partial charge in [0, 0.05) is 35.0 Å². The Morgan fingerprint density at radius 2 is 1.91 bits per heavy atom. The lowest BCUT2D eigenvalue weighted by molar-refractivity contribution is -0.384. The zero-order valence-corrected chi connectivity index (χ0v) is 18.5. The number of rotatable bonds is 5. The van der Waals surface area contributed by atoms with Crippen LogP contribution in [-0.2, 0) is 14.3 Å². The van der Waals surface area contributed by atoms with E-state index in [2.05, 4.69) is 5.32 Å². The minimum atomic E-state index is -1.95. The highest BCUT2D eigenvalue weighted by atomic mass is 35.5. The number of nitrogens with one attached hydrogen (secondary N) is 1. The van der Waals surface area contributed by atoms with Crippen LogP contribution in [0.15, 0.2) is 48.5 Å². The van der Waals surface area contributed by atoms with Crippen molar-refractivity contribution in [3.8, 4) is 6.07 Å². The predicted molar refractivity (Wildman–Crippen MR) is 117 cm³/mol. The number of halogens is 1. The van der Waals surface area contributed by atoms with Crippen LogP contribution in [-0.4, -0.2) is 28.3 Å². The van der Waals surface area contributed by atoms with Gasteiger partial charge >= 0.3 is 5.97 Å². The molecule has 166 valence electrons. The first-order valence-electron chi connectivity index (χ1n) is 9.90. The van der Waals surface area contributed by atoms with Crippen molar-refractivity contribution < 1.29 is 19.2 Å². The summed E-state index contributed by atoms with van der Waals surface area (Å²) in [7, 11) is 0. The average Bonchev–Trinajstić information content (AvgIpc) is 3.09. The van der Waals surface area contributed by atoms with Gasteiger partial charge in [0.15, 0.2) is 0 Å². The van der Waals surface area contributed by atoms with Gasteiger partial charge in [0.05, 0.1) is 11.0 Å². The highest BCUT2D eigenvalue weighted by molar-refractivity contribution is 6.30. The summed E-state index contributed by atoms with van der Waals surface area (Å²) in [6.07, 6.45) is 0.666. The summed E-state index contributed by atoms with van der Waals surface area (Å²) in [6, 6.07) is 13.6. The van der Waals surface area contributed by atoms with Gasteiger partial charge < -0.3 is 9.53 Å². The van der Waals surface area contributed by atoms with E-state index in [0.717, 1.165) is 0 Å². The molecule has 2 aromatic carbocycles. The molecule has 0 aliphatic carbocycles. The topological polar surface area (TPSA) is 122 Å². The Labute approximate surface area is 190 Å². The van der Waals surface area contributed by atoms with Crippen LogP contribution >= 0.6 is 11.6 Å². The molecular weight excluding hydrogens is 434 g/mol. The van der Waals surface area contributed by atoms with Crippen LogP contribution in [0.4, 0.5) is 5.69 Å². The largest absolute Gasteiger partial charge is 0.458 e. The van der Waals surface area contributed by atoms with E-state index in [0.29, 0.717) is 22.4 Å². The van der Waals surface area contributed by atoms with Crippen LogP contribution in [0.25, 0.3) is 0 Å². The molecule has 0 spiro atoms. The Morgan fingerprint density at radius 3 is 2.44 bits per heavy atom. The first-order valence-corrected chi connectivity index (χ1v) is 10.3. The highest BCUT2D eigenvalue weighted by Gasteiger charge is 2.61. The number of esters is 1. The van der Waals surface area contributed by atoms with E-state index in [1.54, 1.807) is 51.1 Å². The molecule has 9 heteroatoms. The number of aldehydes is 1. The van der Waals surface area contributed by atoms with Crippen molar-refractivity contribution in [2.24, 2.45) is 5.92 Å². The van der Waals surface area contributed by atoms with Gasteiger partial charge in [-0.1, -0.05) is 35.9 Å². The maximum atomic E-state index is 13.3. The van der Waals surface area contributed by atoms with E-state index in [-0.39, 0.29) is 5.69 Å². The SMILES string of the molecule is CC(C)(C)OC(=O)[C@]1(C#N)N[C@H](c2ccc(Cl)cc2)[C@H](C=O)[C@H]1c1cccc([N+](=O)[O-])c1. The first-order chi connectivity index (χ1) is 15.0. The third kappa shape index (κ3) is 4.35. The standard InChI is InChI=1S/C23H22ClN3O5/c1-22(2,3)32-21(29)23(13-25)19(15-5-4-6-17(11-15)27(30)31)18(12-28)20(26-23)14-7-9-16(24)10-8-14/h4-12,18-20,26H,1-3H3/t18-,19-,20-,23-/m1/s1. The Hall–Kier alpha value is -3.28. The Morgan fingerprint density at radius 1 is 1.25 bits per heavy atom. The summed E-state index contributed by atoms with van der Waals surface area (Å²) in [5.41, 5.74) is -2.10. The zero-order valence-electron chi connectivity index (χ0n) is 17.7. The van der Waals surface area contributed by atoms with E-state index in [9.17, 15) is 25.0 Å². The van der Waals surface area contributed by atoms with Crippen LogP contribution in [0.3, 0.4) is 0 Å². The number of carbonyl (C=O) groups excluding carboxylic acids is 2. The third-order valence-electron chi connectivity index (χ3n) is 5.34. The fourth-order valence-electron chi connectivity index (χ4n) is 4.04. The molecule has 2 aromatic rings. The van der Waals surface area contributed by atoms with Gasteiger partial charge in [-0.2, -0.15) is 5.26 Å². The Kier molecular flexibility index (Phi) is 6.35. The lowest BCUT2D eigenvalue weighted by Gasteiger charge is -2.31. The van der Waals surface area contributed by atoms with Crippen molar-refractivity contribution in [1.29, 1.82) is 5.26 Å². The molecule has 3 rings (SSSR count). The molecule has 1 heterocycles. The van der Waals surface area contributed by atoms with Gasteiger partial charge in [-0.05, 0) is 44.0 Å². The van der Waals surface area contributed by atoms with Crippen LogP contribution < -0.4 is 5.32 Å². The van der Waals surface area contributed by atoms with E-state index in [1.807, 2.05) is 6.07 Å². The van der Waals surface area contributed by atoms with Crippen molar-refractivity contribution in [2.75, 3.05) is 0 Å². The smallest absolute Gasteiger partial charge is 0.342 e. The molecular formula is C23H22ClN3O5. The molecule has 0 unspecified atom stereocenters. The van der Waals surface area contributed by atoms with Gasteiger partial charge in [-0.25, -0.2) is 4.79 Å². The average molecular weight is 456 g/mol. The number of carbonyl (C=O) groups is 2. The predicted octanol–water partition coefficient (Wildman–Crippen LogP) is 4.10. The molecule has 8 nitrogen and oxygen atoms in total. The number of nitro benzene ring substituents is 1. The summed E-state index contributed by atoms with van der Waals surface area (Å²) in [4.78, 5) is 36.4. The molecule has 0 radical (unpaired) electrons. The van der Waals surface area contributed by atoms with Crippen molar-refractivity contribution in [3.63, 3.8) is 0 Å². The quantitative estimate of drug-likeness (QED) is 0.311. The molecule has 32 heavy (non-hydrogen) atoms. The Balaban J connectivity index is 2.21. The number of benzene rings is 2. The number of nitrogens with zero attached hydrogens (tertiary/aromatic N) is 2.